The third-order valence-corrected chi connectivity index (χ3v) is 15.6. The molecule has 0 N–H and O–H groups in total. The molecule has 0 radical (unpaired) electrons. The normalized spacial score (nSPS) is 11.6. The van der Waals surface area contributed by atoms with Crippen LogP contribution in [0.3, 0.4) is 0 Å². The molecule has 0 saturated carbocycles. The Hall–Kier alpha value is -10.2. The van der Waals surface area contributed by atoms with Gasteiger partial charge in [0.2, 0.25) is 0 Å². The first-order valence-electron chi connectivity index (χ1n) is 26.5. The molecule has 15 rings (SSSR count). The first-order valence-corrected chi connectivity index (χ1v) is 26.5. The van der Waals surface area contributed by atoms with Gasteiger partial charge in [0.1, 0.15) is 0 Å². The Morgan fingerprint density at radius 3 is 1.01 bits per heavy atom. The summed E-state index contributed by atoms with van der Waals surface area (Å²) >= 11 is 0. The summed E-state index contributed by atoms with van der Waals surface area (Å²) in [6, 6.07) is 109. The van der Waals surface area contributed by atoms with Crippen LogP contribution >= 0.6 is 0 Å². The van der Waals surface area contributed by atoms with Crippen LogP contribution < -0.4 is 4.90 Å². The molecule has 2 aromatic heterocycles. The average molecular weight is 980 g/mol. The van der Waals surface area contributed by atoms with E-state index >= 15 is 0 Å². The molecule has 0 unspecified atom stereocenters. The molecule has 0 fully saturated rings. The Bertz CT molecular complexity index is 4480. The molecule has 0 bridgehead atoms. The summed E-state index contributed by atoms with van der Waals surface area (Å²) in [5, 5.41) is 9.96. The monoisotopic (exact) mass is 979 g/mol. The highest BCUT2D eigenvalue weighted by molar-refractivity contribution is 6.23. The Labute approximate surface area is 447 Å². The minimum atomic E-state index is 1.09. The quantitative estimate of drug-likeness (QED) is 0.140. The van der Waals surface area contributed by atoms with Gasteiger partial charge in [-0.05, 0) is 181 Å². The van der Waals surface area contributed by atoms with E-state index in [1.54, 1.807) is 0 Å². The summed E-state index contributed by atoms with van der Waals surface area (Å²) in [5.41, 5.74) is 19.7. The number of hydrogen-bond donors (Lipinski definition) is 0. The summed E-state index contributed by atoms with van der Waals surface area (Å²) in [5.74, 6) is 0. The highest BCUT2D eigenvalue weighted by Crippen LogP contribution is 2.44. The zero-order valence-electron chi connectivity index (χ0n) is 42.1. The molecule has 3 nitrogen and oxygen atoms in total. The van der Waals surface area contributed by atoms with Crippen molar-refractivity contribution in [1.29, 1.82) is 0 Å². The van der Waals surface area contributed by atoms with Crippen LogP contribution in [0.1, 0.15) is 0 Å². The number of benzene rings is 13. The molecular formula is C74H49N3. The van der Waals surface area contributed by atoms with Gasteiger partial charge in [-0.1, -0.05) is 182 Å². The van der Waals surface area contributed by atoms with E-state index in [-0.39, 0.29) is 0 Å². The maximum Gasteiger partial charge on any atom is 0.0547 e. The smallest absolute Gasteiger partial charge is 0.0547 e. The van der Waals surface area contributed by atoms with Gasteiger partial charge < -0.3 is 14.0 Å². The number of aromatic nitrogens is 2. The molecule has 0 aliphatic carbocycles. The molecule has 0 amide bonds. The van der Waals surface area contributed by atoms with Crippen molar-refractivity contribution in [2.75, 3.05) is 4.90 Å². The van der Waals surface area contributed by atoms with Gasteiger partial charge in [-0.3, -0.25) is 0 Å². The molecule has 0 aliphatic heterocycles. The standard InChI is InChI=1S/C74H49N3/c1-5-17-50(18-6-1)51-29-37-63(38-30-51)75(60-21-7-2-8-22-60)64-39-31-52(32-40-64)57-45-58(55-35-41-69-67(48-55)73-65-27-15-13-19-53(65)33-43-71(73)76(69)61-23-9-3-10-24-61)47-59(46-57)56-36-42-70-68(49-56)74-66-28-16-14-20-54(66)34-44-72(74)77(70)62-25-11-4-12-26-62/h1-49H. The van der Waals surface area contributed by atoms with Gasteiger partial charge >= 0.3 is 0 Å². The molecule has 0 atom stereocenters. The van der Waals surface area contributed by atoms with Gasteiger partial charge in [-0.2, -0.15) is 0 Å². The Morgan fingerprint density at radius 2 is 0.545 bits per heavy atom. The fourth-order valence-corrected chi connectivity index (χ4v) is 12.0. The number of hydrogen-bond acceptors (Lipinski definition) is 1. The number of fused-ring (bicyclic) bond motifs is 10. The van der Waals surface area contributed by atoms with Crippen molar-refractivity contribution in [3.8, 4) is 55.9 Å². The summed E-state index contributed by atoms with van der Waals surface area (Å²) in [4.78, 5) is 2.34. The molecule has 360 valence electrons. The number of nitrogens with zero attached hydrogens (tertiary/aromatic N) is 3. The third-order valence-electron chi connectivity index (χ3n) is 15.6. The highest BCUT2D eigenvalue weighted by atomic mass is 15.1. The predicted molar refractivity (Wildman–Crippen MR) is 327 cm³/mol. The Balaban J connectivity index is 0.924. The lowest BCUT2D eigenvalue weighted by molar-refractivity contribution is 1.18. The van der Waals surface area contributed by atoms with Crippen LogP contribution in [0.4, 0.5) is 17.1 Å². The van der Waals surface area contributed by atoms with Crippen molar-refractivity contribution in [2.24, 2.45) is 0 Å². The number of rotatable bonds is 9. The fraction of sp³-hybridized carbons (Fsp3) is 0. The van der Waals surface area contributed by atoms with Crippen LogP contribution in [0.2, 0.25) is 0 Å². The minimum absolute atomic E-state index is 1.09. The summed E-state index contributed by atoms with van der Waals surface area (Å²) in [6.45, 7) is 0. The van der Waals surface area contributed by atoms with Gasteiger partial charge in [-0.15, -0.1) is 0 Å². The highest BCUT2D eigenvalue weighted by Gasteiger charge is 2.20. The lowest BCUT2D eigenvalue weighted by atomic mass is 9.92. The van der Waals surface area contributed by atoms with E-state index in [0.717, 1.165) is 50.7 Å². The molecule has 0 spiro atoms. The van der Waals surface area contributed by atoms with E-state index in [1.165, 1.54) is 87.4 Å². The fourth-order valence-electron chi connectivity index (χ4n) is 12.0. The molecule has 0 saturated heterocycles. The van der Waals surface area contributed by atoms with E-state index < -0.39 is 0 Å². The van der Waals surface area contributed by atoms with E-state index in [9.17, 15) is 0 Å². The van der Waals surface area contributed by atoms with Crippen molar-refractivity contribution < 1.29 is 0 Å². The van der Waals surface area contributed by atoms with E-state index in [1.807, 2.05) is 0 Å². The van der Waals surface area contributed by atoms with Gasteiger partial charge in [0, 0.05) is 50.0 Å². The lowest BCUT2D eigenvalue weighted by Gasteiger charge is -2.26. The minimum Gasteiger partial charge on any atom is -0.311 e. The number of para-hydroxylation sites is 3. The average Bonchev–Trinajstić information content (AvgIpc) is 4.16. The van der Waals surface area contributed by atoms with Crippen molar-refractivity contribution in [3.63, 3.8) is 0 Å². The second kappa shape index (κ2) is 18.3. The zero-order chi connectivity index (χ0) is 50.8. The van der Waals surface area contributed by atoms with Crippen molar-refractivity contribution in [2.45, 2.75) is 0 Å². The molecule has 3 heteroatoms. The van der Waals surface area contributed by atoms with Gasteiger partial charge in [0.25, 0.3) is 0 Å². The third kappa shape index (κ3) is 7.59. The van der Waals surface area contributed by atoms with Crippen molar-refractivity contribution in [1.82, 2.24) is 9.13 Å². The second-order valence-corrected chi connectivity index (χ2v) is 20.1. The van der Waals surface area contributed by atoms with Crippen molar-refractivity contribution >= 4 is 82.2 Å². The number of anilines is 3. The first kappa shape index (κ1) is 44.3. The summed E-state index contributed by atoms with van der Waals surface area (Å²) in [6.07, 6.45) is 0. The molecule has 0 aliphatic rings. The molecule has 2 heterocycles. The lowest BCUT2D eigenvalue weighted by Crippen LogP contribution is -2.09. The van der Waals surface area contributed by atoms with Crippen molar-refractivity contribution in [3.05, 3.63) is 297 Å². The zero-order valence-corrected chi connectivity index (χ0v) is 42.1. The van der Waals surface area contributed by atoms with Crippen LogP contribution in [0.5, 0.6) is 0 Å². The van der Waals surface area contributed by atoms with Gasteiger partial charge in [0.05, 0.1) is 22.1 Å². The van der Waals surface area contributed by atoms with Gasteiger partial charge in [-0.25, -0.2) is 0 Å². The second-order valence-electron chi connectivity index (χ2n) is 20.1. The SMILES string of the molecule is c1ccc(-c2ccc(N(c3ccccc3)c3ccc(-c4cc(-c5ccc6c(c5)c5c7ccccc7ccc5n6-c5ccccc5)cc(-c5ccc6c(c5)c5c7ccccc7ccc5n6-c5ccccc5)c4)cc3)cc2)cc1. The first-order chi connectivity index (χ1) is 38.2. The van der Waals surface area contributed by atoms with E-state index in [0.29, 0.717) is 0 Å². The molecule has 77 heavy (non-hydrogen) atoms. The summed E-state index contributed by atoms with van der Waals surface area (Å²) < 4.78 is 4.84. The Morgan fingerprint density at radius 1 is 0.208 bits per heavy atom. The van der Waals surface area contributed by atoms with Crippen LogP contribution in [0, 0.1) is 0 Å². The molecule has 13 aromatic carbocycles. The van der Waals surface area contributed by atoms with E-state index in [4.69, 9.17) is 0 Å². The molecular weight excluding hydrogens is 931 g/mol. The van der Waals surface area contributed by atoms with Crippen LogP contribution in [-0.2, 0) is 0 Å². The van der Waals surface area contributed by atoms with Gasteiger partial charge in [0.15, 0.2) is 0 Å². The summed E-state index contributed by atoms with van der Waals surface area (Å²) in [7, 11) is 0. The predicted octanol–water partition coefficient (Wildman–Crippen LogP) is 20.3. The Kier molecular flexibility index (Phi) is 10.5. The van der Waals surface area contributed by atoms with Crippen LogP contribution in [0.15, 0.2) is 297 Å². The topological polar surface area (TPSA) is 13.1 Å². The van der Waals surface area contributed by atoms with E-state index in [2.05, 4.69) is 311 Å². The van der Waals surface area contributed by atoms with Crippen LogP contribution in [-0.4, -0.2) is 9.13 Å². The van der Waals surface area contributed by atoms with Crippen LogP contribution in [0.25, 0.3) is 121 Å². The maximum absolute atomic E-state index is 2.43. The largest absolute Gasteiger partial charge is 0.311 e. The molecule has 15 aromatic rings. The maximum atomic E-state index is 2.43.